The molecule has 2 N–H and O–H groups in total. The number of nitrogens with one attached hydrogen (secondary N) is 1. The summed E-state index contributed by atoms with van der Waals surface area (Å²) >= 11 is 7.43. The maximum absolute atomic E-state index is 9.67. The van der Waals surface area contributed by atoms with Gasteiger partial charge in [-0.15, -0.1) is 0 Å². The van der Waals surface area contributed by atoms with Crippen LogP contribution in [0.15, 0.2) is 23.2 Å². The molecule has 0 amide bonds. The van der Waals surface area contributed by atoms with E-state index in [9.17, 15) is 5.11 Å². The topological polar surface area (TPSA) is 44.6 Å². The molecular weight excluding hydrogens is 244 g/mol. The lowest BCUT2D eigenvalue weighted by molar-refractivity contribution is 0.478. The lowest BCUT2D eigenvalue weighted by Gasteiger charge is -2.14. The molecule has 1 aromatic carbocycles. The fourth-order valence-electron chi connectivity index (χ4n) is 1.38. The van der Waals surface area contributed by atoms with Crippen molar-refractivity contribution < 1.29 is 5.11 Å². The van der Waals surface area contributed by atoms with E-state index >= 15 is 0 Å². The summed E-state index contributed by atoms with van der Waals surface area (Å²) in [6.45, 7) is 5.06. The Balaban J connectivity index is 2.11. The first kappa shape index (κ1) is 11.6. The fourth-order valence-corrected chi connectivity index (χ4v) is 2.49. The molecule has 86 valence electrons. The number of anilines is 1. The number of aliphatic imine (C=N–C) groups is 1. The Morgan fingerprint density at radius 1 is 1.50 bits per heavy atom. The number of rotatable bonds is 1. The van der Waals surface area contributed by atoms with E-state index in [1.54, 1.807) is 23.9 Å². The Labute approximate surface area is 104 Å². The number of thioether (sulfide) groups is 1. The van der Waals surface area contributed by atoms with E-state index in [1.807, 2.05) is 0 Å². The van der Waals surface area contributed by atoms with E-state index in [0.29, 0.717) is 10.7 Å². The molecule has 2 rings (SSSR count). The molecule has 1 aliphatic heterocycles. The summed E-state index contributed by atoms with van der Waals surface area (Å²) in [5, 5.41) is 14.1. The van der Waals surface area contributed by atoms with Gasteiger partial charge in [-0.2, -0.15) is 0 Å². The van der Waals surface area contributed by atoms with Crippen LogP contribution >= 0.6 is 23.4 Å². The van der Waals surface area contributed by atoms with Crippen LogP contribution in [-0.2, 0) is 0 Å². The first-order valence-corrected chi connectivity index (χ1v) is 6.15. The summed E-state index contributed by atoms with van der Waals surface area (Å²) < 4.78 is 0.129. The number of nitrogens with zero attached hydrogens (tertiary/aromatic N) is 1. The van der Waals surface area contributed by atoms with Crippen LogP contribution in [0.3, 0.4) is 0 Å². The van der Waals surface area contributed by atoms with Crippen LogP contribution in [0.5, 0.6) is 5.75 Å². The molecule has 0 spiro atoms. The molecule has 1 heterocycles. The van der Waals surface area contributed by atoms with Gasteiger partial charge in [0.05, 0.1) is 12.2 Å². The van der Waals surface area contributed by atoms with Gasteiger partial charge >= 0.3 is 0 Å². The van der Waals surface area contributed by atoms with Crippen molar-refractivity contribution in [2.75, 3.05) is 11.9 Å². The molecule has 3 nitrogen and oxygen atoms in total. The quantitative estimate of drug-likeness (QED) is 0.758. The average Bonchev–Trinajstić information content (AvgIpc) is 2.51. The third-order valence-corrected chi connectivity index (χ3v) is 3.52. The predicted molar refractivity (Wildman–Crippen MR) is 70.7 cm³/mol. The van der Waals surface area contributed by atoms with Gasteiger partial charge in [0.2, 0.25) is 0 Å². The first-order chi connectivity index (χ1) is 7.46. The highest BCUT2D eigenvalue weighted by molar-refractivity contribution is 8.15. The van der Waals surface area contributed by atoms with Crippen LogP contribution in [0.2, 0.25) is 5.02 Å². The van der Waals surface area contributed by atoms with Gasteiger partial charge in [0.1, 0.15) is 5.75 Å². The molecule has 0 bridgehead atoms. The minimum atomic E-state index is 0.129. The first-order valence-electron chi connectivity index (χ1n) is 4.95. The molecule has 0 unspecified atom stereocenters. The lowest BCUT2D eigenvalue weighted by Crippen LogP contribution is -2.16. The van der Waals surface area contributed by atoms with Crippen molar-refractivity contribution in [3.05, 3.63) is 23.2 Å². The van der Waals surface area contributed by atoms with Gasteiger partial charge in [-0.05, 0) is 26.0 Å². The highest BCUT2D eigenvalue weighted by Gasteiger charge is 2.27. The predicted octanol–water partition coefficient (Wildman–Crippen LogP) is 3.34. The highest BCUT2D eigenvalue weighted by Crippen LogP contribution is 2.34. The van der Waals surface area contributed by atoms with Crippen molar-refractivity contribution in [3.8, 4) is 5.75 Å². The van der Waals surface area contributed by atoms with E-state index in [-0.39, 0.29) is 10.5 Å². The van der Waals surface area contributed by atoms with Crippen LogP contribution in [0.25, 0.3) is 0 Å². The Morgan fingerprint density at radius 3 is 2.81 bits per heavy atom. The summed E-state index contributed by atoms with van der Waals surface area (Å²) in [6.07, 6.45) is 0. The molecule has 0 radical (unpaired) electrons. The van der Waals surface area contributed by atoms with Crippen molar-refractivity contribution in [3.63, 3.8) is 0 Å². The van der Waals surface area contributed by atoms with E-state index in [0.717, 1.165) is 11.7 Å². The molecule has 0 fully saturated rings. The van der Waals surface area contributed by atoms with E-state index in [1.165, 1.54) is 6.07 Å². The monoisotopic (exact) mass is 256 g/mol. The Morgan fingerprint density at radius 2 is 2.25 bits per heavy atom. The van der Waals surface area contributed by atoms with E-state index < -0.39 is 0 Å². The normalized spacial score (nSPS) is 18.3. The zero-order valence-corrected chi connectivity index (χ0v) is 10.7. The number of amidine groups is 1. The van der Waals surface area contributed by atoms with Crippen LogP contribution < -0.4 is 5.32 Å². The number of phenols is 1. The van der Waals surface area contributed by atoms with Crippen molar-refractivity contribution >= 4 is 34.2 Å². The maximum atomic E-state index is 9.67. The molecule has 0 aliphatic carbocycles. The van der Waals surface area contributed by atoms with Gasteiger partial charge in [0, 0.05) is 15.8 Å². The van der Waals surface area contributed by atoms with Gasteiger partial charge in [-0.3, -0.25) is 4.99 Å². The van der Waals surface area contributed by atoms with Gasteiger partial charge in [0.25, 0.3) is 0 Å². The Hall–Kier alpha value is -0.870. The zero-order chi connectivity index (χ0) is 11.8. The minimum absolute atomic E-state index is 0.129. The summed E-state index contributed by atoms with van der Waals surface area (Å²) in [6, 6.07) is 4.98. The van der Waals surface area contributed by atoms with Crippen LogP contribution in [0, 0.1) is 0 Å². The molecule has 0 saturated carbocycles. The number of phenolic OH excluding ortho intramolecular Hbond substituents is 1. The standard InChI is InChI=1S/C11H13ClN2OS/c1-11(2)6-13-10(16-11)14-8-4-3-7(12)5-9(8)15/h3-5,15H,6H2,1-2H3,(H,13,14). The third-order valence-electron chi connectivity index (χ3n) is 2.18. The van der Waals surface area contributed by atoms with Crippen LogP contribution in [0.4, 0.5) is 5.69 Å². The second-order valence-electron chi connectivity index (χ2n) is 4.27. The Kier molecular flexibility index (Phi) is 3.04. The summed E-state index contributed by atoms with van der Waals surface area (Å²) in [4.78, 5) is 4.37. The van der Waals surface area contributed by atoms with E-state index in [4.69, 9.17) is 11.6 Å². The van der Waals surface area contributed by atoms with Gasteiger partial charge < -0.3 is 10.4 Å². The zero-order valence-electron chi connectivity index (χ0n) is 9.12. The van der Waals surface area contributed by atoms with Gasteiger partial charge in [-0.25, -0.2) is 0 Å². The van der Waals surface area contributed by atoms with Crippen molar-refractivity contribution in [1.29, 1.82) is 0 Å². The van der Waals surface area contributed by atoms with Gasteiger partial charge in [-0.1, -0.05) is 23.4 Å². The number of hydrogen-bond acceptors (Lipinski definition) is 4. The minimum Gasteiger partial charge on any atom is -0.506 e. The van der Waals surface area contributed by atoms with Crippen LogP contribution in [0.1, 0.15) is 13.8 Å². The fraction of sp³-hybridized carbons (Fsp3) is 0.364. The lowest BCUT2D eigenvalue weighted by atomic mass is 10.2. The number of benzene rings is 1. The maximum Gasteiger partial charge on any atom is 0.161 e. The van der Waals surface area contributed by atoms with Crippen molar-refractivity contribution in [2.45, 2.75) is 18.6 Å². The molecular formula is C11H13ClN2OS. The third kappa shape index (κ3) is 2.62. The number of halogens is 1. The summed E-state index contributed by atoms with van der Waals surface area (Å²) in [5.74, 6) is 0.139. The smallest absolute Gasteiger partial charge is 0.161 e. The molecule has 5 heteroatoms. The molecule has 0 aromatic heterocycles. The SMILES string of the molecule is CC1(C)CN=C(Nc2ccc(Cl)cc2O)S1. The van der Waals surface area contributed by atoms with Crippen LogP contribution in [-0.4, -0.2) is 21.6 Å². The molecule has 1 aromatic rings. The largest absolute Gasteiger partial charge is 0.506 e. The van der Waals surface area contributed by atoms with Crippen molar-refractivity contribution in [1.82, 2.24) is 0 Å². The van der Waals surface area contributed by atoms with Gasteiger partial charge in [0.15, 0.2) is 5.17 Å². The second kappa shape index (κ2) is 4.18. The molecule has 0 saturated heterocycles. The summed E-state index contributed by atoms with van der Waals surface area (Å²) in [7, 11) is 0. The summed E-state index contributed by atoms with van der Waals surface area (Å²) in [5.41, 5.74) is 0.633. The van der Waals surface area contributed by atoms with Crippen molar-refractivity contribution in [2.24, 2.45) is 4.99 Å². The second-order valence-corrected chi connectivity index (χ2v) is 6.40. The molecule has 1 aliphatic rings. The van der Waals surface area contributed by atoms with E-state index in [2.05, 4.69) is 24.2 Å². The Bertz CT molecular complexity index is 446. The number of hydrogen-bond donors (Lipinski definition) is 2. The molecule has 0 atom stereocenters. The number of aromatic hydroxyl groups is 1. The highest BCUT2D eigenvalue weighted by atomic mass is 35.5. The molecule has 16 heavy (non-hydrogen) atoms. The average molecular weight is 257 g/mol.